The molecule has 192 valence electrons. The molecule has 0 fully saturated rings. The summed E-state index contributed by atoms with van der Waals surface area (Å²) in [5, 5.41) is 5.08. The van der Waals surface area contributed by atoms with E-state index in [2.05, 4.69) is 39.3 Å². The zero-order valence-corrected chi connectivity index (χ0v) is 20.9. The zero-order chi connectivity index (χ0) is 26.1. The molecule has 0 spiro atoms. The summed E-state index contributed by atoms with van der Waals surface area (Å²) in [6.45, 7) is 5.74. The van der Waals surface area contributed by atoms with Crippen molar-refractivity contribution in [1.82, 2.24) is 24.8 Å². The van der Waals surface area contributed by atoms with Gasteiger partial charge in [-0.15, -0.1) is 0 Å². The molecule has 0 aliphatic heterocycles. The van der Waals surface area contributed by atoms with Crippen LogP contribution in [0.3, 0.4) is 0 Å². The Balaban J connectivity index is 1.66. The number of halogens is 3. The molecule has 0 saturated heterocycles. The van der Waals surface area contributed by atoms with Gasteiger partial charge in [0.25, 0.3) is 5.56 Å². The Morgan fingerprint density at radius 2 is 1.78 bits per heavy atom. The molecule has 11 heteroatoms. The van der Waals surface area contributed by atoms with E-state index >= 15 is 0 Å². The van der Waals surface area contributed by atoms with E-state index in [-0.39, 0.29) is 24.1 Å². The maximum absolute atomic E-state index is 14.4. The van der Waals surface area contributed by atoms with Crippen molar-refractivity contribution in [2.75, 3.05) is 25.0 Å². The fourth-order valence-electron chi connectivity index (χ4n) is 3.57. The maximum Gasteiger partial charge on any atom is 0.306 e. The average molecular weight is 519 g/mol. The van der Waals surface area contributed by atoms with E-state index in [1.54, 1.807) is 0 Å². The zero-order valence-electron chi connectivity index (χ0n) is 20.2. The summed E-state index contributed by atoms with van der Waals surface area (Å²) in [4.78, 5) is 35.2. The second-order valence-electron chi connectivity index (χ2n) is 8.10. The van der Waals surface area contributed by atoms with Crippen LogP contribution in [0.5, 0.6) is 0 Å². The third kappa shape index (κ3) is 7.08. The van der Waals surface area contributed by atoms with Gasteiger partial charge in [-0.1, -0.05) is 55.8 Å². The molecule has 8 nitrogen and oxygen atoms in total. The van der Waals surface area contributed by atoms with Crippen molar-refractivity contribution in [3.05, 3.63) is 87.2 Å². The van der Waals surface area contributed by atoms with E-state index < -0.39 is 29.6 Å². The first-order valence-corrected chi connectivity index (χ1v) is 12.0. The van der Waals surface area contributed by atoms with Crippen molar-refractivity contribution in [3.8, 4) is 0 Å². The number of amides is 1. The first-order chi connectivity index (χ1) is 17.2. The van der Waals surface area contributed by atoms with Gasteiger partial charge in [0.15, 0.2) is 5.82 Å². The molecule has 0 radical (unpaired) electrons. The van der Waals surface area contributed by atoms with Crippen molar-refractivity contribution < 1.29 is 13.6 Å². The Morgan fingerprint density at radius 3 is 2.44 bits per heavy atom. The second kappa shape index (κ2) is 12.5. The highest BCUT2D eigenvalue weighted by Crippen LogP contribution is 2.25. The molecule has 1 amide bonds. The first-order valence-electron chi connectivity index (χ1n) is 11.6. The van der Waals surface area contributed by atoms with Gasteiger partial charge in [0.05, 0.1) is 12.7 Å². The SMILES string of the molecule is CCN(CC)Cc1ccccc1CNC(=O)Cn1c(Cl)cnc(NCC(F)(F)c2ccccn2)c1=O. The summed E-state index contributed by atoms with van der Waals surface area (Å²) in [5.74, 6) is -4.13. The van der Waals surface area contributed by atoms with Crippen LogP contribution in [0, 0.1) is 0 Å². The summed E-state index contributed by atoms with van der Waals surface area (Å²) < 4.78 is 29.8. The van der Waals surface area contributed by atoms with E-state index in [0.29, 0.717) is 0 Å². The molecule has 3 rings (SSSR count). The van der Waals surface area contributed by atoms with Crippen molar-refractivity contribution in [2.24, 2.45) is 0 Å². The normalized spacial score (nSPS) is 11.5. The highest BCUT2D eigenvalue weighted by molar-refractivity contribution is 6.29. The van der Waals surface area contributed by atoms with Gasteiger partial charge >= 0.3 is 5.92 Å². The van der Waals surface area contributed by atoms with Crippen LogP contribution in [-0.2, 0) is 30.4 Å². The molecule has 2 heterocycles. The summed E-state index contributed by atoms with van der Waals surface area (Å²) >= 11 is 6.09. The minimum absolute atomic E-state index is 0.0841. The smallest absolute Gasteiger partial charge is 0.306 e. The Bertz CT molecular complexity index is 1220. The van der Waals surface area contributed by atoms with Crippen LogP contribution in [0.2, 0.25) is 5.15 Å². The molecular weight excluding hydrogens is 490 g/mol. The van der Waals surface area contributed by atoms with Gasteiger partial charge in [-0.05, 0) is 36.3 Å². The van der Waals surface area contributed by atoms with Gasteiger partial charge in [-0.2, -0.15) is 8.78 Å². The molecule has 0 bridgehead atoms. The third-order valence-electron chi connectivity index (χ3n) is 5.71. The Morgan fingerprint density at radius 1 is 1.08 bits per heavy atom. The van der Waals surface area contributed by atoms with Gasteiger partial charge in [-0.25, -0.2) is 4.98 Å². The Hall–Kier alpha value is -3.37. The van der Waals surface area contributed by atoms with Crippen LogP contribution in [0.1, 0.15) is 30.7 Å². The van der Waals surface area contributed by atoms with E-state index in [1.165, 1.54) is 24.4 Å². The van der Waals surface area contributed by atoms with Gasteiger partial charge < -0.3 is 10.6 Å². The highest BCUT2D eigenvalue weighted by atomic mass is 35.5. The number of aromatic nitrogens is 3. The summed E-state index contributed by atoms with van der Waals surface area (Å²) in [7, 11) is 0. The van der Waals surface area contributed by atoms with E-state index in [4.69, 9.17) is 11.6 Å². The minimum atomic E-state index is -3.34. The van der Waals surface area contributed by atoms with Crippen molar-refractivity contribution >= 4 is 23.3 Å². The van der Waals surface area contributed by atoms with Crippen LogP contribution in [0.4, 0.5) is 14.6 Å². The van der Waals surface area contributed by atoms with Crippen LogP contribution < -0.4 is 16.2 Å². The van der Waals surface area contributed by atoms with Crippen LogP contribution in [0.15, 0.2) is 59.7 Å². The number of carbonyl (C=O) groups excluding carboxylic acids is 1. The monoisotopic (exact) mass is 518 g/mol. The summed E-state index contributed by atoms with van der Waals surface area (Å²) in [6.07, 6.45) is 2.40. The predicted octanol–water partition coefficient (Wildman–Crippen LogP) is 3.65. The lowest BCUT2D eigenvalue weighted by molar-refractivity contribution is -0.121. The van der Waals surface area contributed by atoms with Crippen LogP contribution in [-0.4, -0.2) is 45.0 Å². The lowest BCUT2D eigenvalue weighted by Crippen LogP contribution is -2.35. The van der Waals surface area contributed by atoms with E-state index in [9.17, 15) is 18.4 Å². The van der Waals surface area contributed by atoms with E-state index in [0.717, 1.165) is 41.5 Å². The number of alkyl halides is 2. The fraction of sp³-hybridized carbons (Fsp3) is 0.360. The molecule has 3 aromatic rings. The predicted molar refractivity (Wildman–Crippen MR) is 135 cm³/mol. The number of pyridine rings is 1. The average Bonchev–Trinajstić information content (AvgIpc) is 2.89. The van der Waals surface area contributed by atoms with Gasteiger partial charge in [0.2, 0.25) is 5.91 Å². The van der Waals surface area contributed by atoms with Crippen molar-refractivity contribution in [2.45, 2.75) is 39.4 Å². The largest absolute Gasteiger partial charge is 0.359 e. The minimum Gasteiger partial charge on any atom is -0.359 e. The topological polar surface area (TPSA) is 92.2 Å². The summed E-state index contributed by atoms with van der Waals surface area (Å²) in [5.41, 5.74) is 0.842. The van der Waals surface area contributed by atoms with E-state index in [1.807, 2.05) is 24.3 Å². The van der Waals surface area contributed by atoms with Crippen LogP contribution in [0.25, 0.3) is 0 Å². The highest BCUT2D eigenvalue weighted by Gasteiger charge is 2.33. The quantitative estimate of drug-likeness (QED) is 0.380. The lowest BCUT2D eigenvalue weighted by atomic mass is 10.1. The number of hydrogen-bond donors (Lipinski definition) is 2. The molecular formula is C25H29ClF2N6O2. The maximum atomic E-state index is 14.4. The van der Waals surface area contributed by atoms with Gasteiger partial charge in [0.1, 0.15) is 17.4 Å². The molecule has 0 aliphatic rings. The number of benzene rings is 1. The molecule has 2 aromatic heterocycles. The van der Waals surface area contributed by atoms with Crippen molar-refractivity contribution in [1.29, 1.82) is 0 Å². The number of carbonyl (C=O) groups is 1. The lowest BCUT2D eigenvalue weighted by Gasteiger charge is -2.20. The number of rotatable bonds is 12. The molecule has 2 N–H and O–H groups in total. The number of anilines is 1. The van der Waals surface area contributed by atoms with Crippen LogP contribution >= 0.6 is 11.6 Å². The first kappa shape index (κ1) is 27.2. The van der Waals surface area contributed by atoms with Crippen molar-refractivity contribution in [3.63, 3.8) is 0 Å². The third-order valence-corrected chi connectivity index (χ3v) is 6.01. The molecule has 1 aromatic carbocycles. The number of hydrogen-bond acceptors (Lipinski definition) is 6. The fourth-order valence-corrected chi connectivity index (χ4v) is 3.75. The second-order valence-corrected chi connectivity index (χ2v) is 8.49. The molecule has 0 unspecified atom stereocenters. The molecule has 36 heavy (non-hydrogen) atoms. The Kier molecular flexibility index (Phi) is 9.49. The molecule has 0 atom stereocenters. The Labute approximate surface area is 213 Å². The molecule has 0 aliphatic carbocycles. The van der Waals surface area contributed by atoms with Gasteiger partial charge in [0, 0.05) is 19.3 Å². The number of nitrogens with one attached hydrogen (secondary N) is 2. The molecule has 0 saturated carbocycles. The summed E-state index contributed by atoms with van der Waals surface area (Å²) in [6, 6.07) is 12.0. The van der Waals surface area contributed by atoms with Gasteiger partial charge in [-0.3, -0.25) is 24.0 Å². The number of nitrogens with zero attached hydrogens (tertiary/aromatic N) is 4. The standard InChI is InChI=1S/C25H29ClF2N6O2/c1-3-33(4-2)15-19-10-6-5-9-18(19)13-30-22(35)16-34-21(26)14-31-23(24(34)36)32-17-25(27,28)20-11-7-8-12-29-20/h5-12,14H,3-4,13,15-17H2,1-2H3,(H,30,35)(H,31,32).